The summed E-state index contributed by atoms with van der Waals surface area (Å²) in [7, 11) is 0. The highest BCUT2D eigenvalue weighted by Crippen LogP contribution is 2.28. The van der Waals surface area contributed by atoms with Crippen molar-refractivity contribution in [2.24, 2.45) is 0 Å². The number of anilines is 3. The Morgan fingerprint density at radius 1 is 1.04 bits per heavy atom. The predicted molar refractivity (Wildman–Crippen MR) is 103 cm³/mol. The number of benzene rings is 2. The van der Waals surface area contributed by atoms with Crippen LogP contribution in [-0.2, 0) is 0 Å². The van der Waals surface area contributed by atoms with Crippen LogP contribution in [0.1, 0.15) is 15.9 Å². The van der Waals surface area contributed by atoms with Crippen LogP contribution in [-0.4, -0.2) is 10.9 Å². The zero-order chi connectivity index (χ0) is 18.5. The Hall–Kier alpha value is -3.07. The molecule has 0 aliphatic carbocycles. The number of hydrogen-bond acceptors (Lipinski definition) is 4. The normalized spacial score (nSPS) is 10.0. The van der Waals surface area contributed by atoms with Gasteiger partial charge in [0.05, 0.1) is 22.0 Å². The Bertz CT molecular complexity index is 1010. The van der Waals surface area contributed by atoms with Crippen molar-refractivity contribution in [1.82, 2.24) is 4.98 Å². The number of pyridine rings is 1. The summed E-state index contributed by atoms with van der Waals surface area (Å²) in [6.45, 7) is 0. The summed E-state index contributed by atoms with van der Waals surface area (Å²) in [5.74, 6) is 0.107. The number of carbonyl (C=O) groups excluding carboxylic acids is 1. The molecule has 0 aliphatic heterocycles. The van der Waals surface area contributed by atoms with E-state index in [1.165, 1.54) is 6.20 Å². The molecule has 0 bridgehead atoms. The monoisotopic (exact) mass is 382 g/mol. The van der Waals surface area contributed by atoms with Gasteiger partial charge in [-0.2, -0.15) is 5.26 Å². The van der Waals surface area contributed by atoms with Crippen LogP contribution in [0.15, 0.2) is 60.8 Å². The average Bonchev–Trinajstić information content (AvgIpc) is 2.65. The van der Waals surface area contributed by atoms with E-state index in [0.29, 0.717) is 38.4 Å². The molecule has 128 valence electrons. The van der Waals surface area contributed by atoms with Gasteiger partial charge < -0.3 is 10.6 Å². The van der Waals surface area contributed by atoms with Crippen molar-refractivity contribution in [3.05, 3.63) is 82.0 Å². The number of carbonyl (C=O) groups is 1. The van der Waals surface area contributed by atoms with E-state index in [-0.39, 0.29) is 5.91 Å². The highest BCUT2D eigenvalue weighted by atomic mass is 35.5. The molecule has 2 N–H and O–H groups in total. The van der Waals surface area contributed by atoms with Gasteiger partial charge >= 0.3 is 0 Å². The SMILES string of the molecule is N#Cc1ccccc1NC(=O)c1ccnc(Nc2ccc(Cl)cc2Cl)c1. The molecule has 0 saturated heterocycles. The molecule has 7 heteroatoms. The van der Waals surface area contributed by atoms with Crippen molar-refractivity contribution >= 4 is 46.3 Å². The first-order valence-electron chi connectivity index (χ1n) is 7.55. The zero-order valence-corrected chi connectivity index (χ0v) is 14.8. The lowest BCUT2D eigenvalue weighted by molar-refractivity contribution is 0.102. The molecular weight excluding hydrogens is 371 g/mol. The van der Waals surface area contributed by atoms with Crippen LogP contribution in [0.4, 0.5) is 17.2 Å². The third-order valence-corrected chi connectivity index (χ3v) is 4.06. The smallest absolute Gasteiger partial charge is 0.255 e. The maximum absolute atomic E-state index is 12.5. The quantitative estimate of drug-likeness (QED) is 0.645. The second-order valence-electron chi connectivity index (χ2n) is 5.29. The summed E-state index contributed by atoms with van der Waals surface area (Å²) < 4.78 is 0. The van der Waals surface area contributed by atoms with Gasteiger partial charge in [0.25, 0.3) is 5.91 Å². The van der Waals surface area contributed by atoms with Gasteiger partial charge in [0, 0.05) is 16.8 Å². The number of aromatic nitrogens is 1. The summed E-state index contributed by atoms with van der Waals surface area (Å²) in [5.41, 5.74) is 1.85. The summed E-state index contributed by atoms with van der Waals surface area (Å²) in [5, 5.41) is 15.9. The molecule has 3 aromatic rings. The van der Waals surface area contributed by atoms with E-state index in [0.717, 1.165) is 0 Å². The van der Waals surface area contributed by atoms with E-state index in [4.69, 9.17) is 28.5 Å². The highest BCUT2D eigenvalue weighted by Gasteiger charge is 2.11. The van der Waals surface area contributed by atoms with E-state index in [2.05, 4.69) is 15.6 Å². The lowest BCUT2D eigenvalue weighted by atomic mass is 10.1. The minimum Gasteiger partial charge on any atom is -0.339 e. The minimum atomic E-state index is -0.347. The molecule has 0 fully saturated rings. The van der Waals surface area contributed by atoms with E-state index in [1.54, 1.807) is 54.6 Å². The van der Waals surface area contributed by atoms with Gasteiger partial charge in [0.15, 0.2) is 0 Å². The van der Waals surface area contributed by atoms with Crippen molar-refractivity contribution in [3.8, 4) is 6.07 Å². The molecule has 0 unspecified atom stereocenters. The van der Waals surface area contributed by atoms with E-state index in [9.17, 15) is 4.79 Å². The summed E-state index contributed by atoms with van der Waals surface area (Å²) in [6.07, 6.45) is 1.51. The summed E-state index contributed by atoms with van der Waals surface area (Å²) in [4.78, 5) is 16.7. The molecule has 1 aromatic heterocycles. The molecule has 0 radical (unpaired) electrons. The Labute approximate surface area is 160 Å². The molecule has 0 aliphatic rings. The molecule has 0 spiro atoms. The number of halogens is 2. The second-order valence-corrected chi connectivity index (χ2v) is 6.13. The van der Waals surface area contributed by atoms with Gasteiger partial charge in [-0.25, -0.2) is 4.98 Å². The van der Waals surface area contributed by atoms with Gasteiger partial charge in [-0.15, -0.1) is 0 Å². The topological polar surface area (TPSA) is 77.8 Å². The second kappa shape index (κ2) is 7.87. The maximum Gasteiger partial charge on any atom is 0.255 e. The predicted octanol–water partition coefficient (Wildman–Crippen LogP) is 5.26. The van der Waals surface area contributed by atoms with Crippen molar-refractivity contribution in [2.75, 3.05) is 10.6 Å². The molecule has 3 rings (SSSR count). The number of nitrogens with zero attached hydrogens (tertiary/aromatic N) is 2. The first-order valence-corrected chi connectivity index (χ1v) is 8.31. The fraction of sp³-hybridized carbons (Fsp3) is 0. The van der Waals surface area contributed by atoms with Gasteiger partial charge in [-0.1, -0.05) is 35.3 Å². The largest absolute Gasteiger partial charge is 0.339 e. The Kier molecular flexibility index (Phi) is 5.37. The molecular formula is C19H12Cl2N4O. The standard InChI is InChI=1S/C19H12Cl2N4O/c20-14-5-6-17(15(21)10-14)24-18-9-12(7-8-23-18)19(26)25-16-4-2-1-3-13(16)11-22/h1-10H,(H,23,24)(H,25,26). The third-order valence-electron chi connectivity index (χ3n) is 3.51. The lowest BCUT2D eigenvalue weighted by Crippen LogP contribution is -2.13. The molecule has 0 saturated carbocycles. The zero-order valence-electron chi connectivity index (χ0n) is 13.3. The maximum atomic E-state index is 12.5. The minimum absolute atomic E-state index is 0.347. The average molecular weight is 383 g/mol. The van der Waals surface area contributed by atoms with Crippen molar-refractivity contribution < 1.29 is 4.79 Å². The molecule has 1 heterocycles. The number of nitriles is 1. The summed E-state index contributed by atoms with van der Waals surface area (Å²) in [6, 6.07) is 17.0. The number of hydrogen-bond donors (Lipinski definition) is 2. The van der Waals surface area contributed by atoms with Crippen LogP contribution in [0, 0.1) is 11.3 Å². The first kappa shape index (κ1) is 17.7. The van der Waals surface area contributed by atoms with Gasteiger partial charge in [0.2, 0.25) is 0 Å². The van der Waals surface area contributed by atoms with Crippen molar-refractivity contribution in [3.63, 3.8) is 0 Å². The third kappa shape index (κ3) is 4.12. The molecule has 5 nitrogen and oxygen atoms in total. The van der Waals surface area contributed by atoms with Crippen LogP contribution in [0.2, 0.25) is 10.0 Å². The Morgan fingerprint density at radius 3 is 2.62 bits per heavy atom. The fourth-order valence-corrected chi connectivity index (χ4v) is 2.71. The number of para-hydroxylation sites is 1. The van der Waals surface area contributed by atoms with Crippen LogP contribution >= 0.6 is 23.2 Å². The van der Waals surface area contributed by atoms with E-state index >= 15 is 0 Å². The molecule has 1 amide bonds. The van der Waals surface area contributed by atoms with E-state index in [1.807, 2.05) is 6.07 Å². The Balaban J connectivity index is 1.80. The molecule has 26 heavy (non-hydrogen) atoms. The molecule has 0 atom stereocenters. The van der Waals surface area contributed by atoms with Gasteiger partial charge in [-0.05, 0) is 42.5 Å². The fourth-order valence-electron chi connectivity index (χ4n) is 2.25. The lowest BCUT2D eigenvalue weighted by Gasteiger charge is -2.10. The molecule has 2 aromatic carbocycles. The van der Waals surface area contributed by atoms with Crippen LogP contribution in [0.25, 0.3) is 0 Å². The Morgan fingerprint density at radius 2 is 1.85 bits per heavy atom. The summed E-state index contributed by atoms with van der Waals surface area (Å²) >= 11 is 12.0. The highest BCUT2D eigenvalue weighted by molar-refractivity contribution is 6.36. The van der Waals surface area contributed by atoms with Gasteiger partial charge in [0.1, 0.15) is 11.9 Å². The van der Waals surface area contributed by atoms with Crippen LogP contribution in [0.5, 0.6) is 0 Å². The van der Waals surface area contributed by atoms with Crippen molar-refractivity contribution in [2.45, 2.75) is 0 Å². The number of amides is 1. The number of nitrogens with one attached hydrogen (secondary N) is 2. The van der Waals surface area contributed by atoms with Crippen LogP contribution in [0.3, 0.4) is 0 Å². The van der Waals surface area contributed by atoms with E-state index < -0.39 is 0 Å². The van der Waals surface area contributed by atoms with Crippen molar-refractivity contribution in [1.29, 1.82) is 5.26 Å². The van der Waals surface area contributed by atoms with Gasteiger partial charge in [-0.3, -0.25) is 4.79 Å². The van der Waals surface area contributed by atoms with Crippen LogP contribution < -0.4 is 10.6 Å². The number of rotatable bonds is 4. The first-order chi connectivity index (χ1) is 12.6.